The molecule has 2 aliphatic heterocycles. The van der Waals surface area contributed by atoms with E-state index in [0.29, 0.717) is 11.6 Å². The van der Waals surface area contributed by atoms with Gasteiger partial charge in [-0.25, -0.2) is 0 Å². The quantitative estimate of drug-likeness (QED) is 0.835. The van der Waals surface area contributed by atoms with Gasteiger partial charge in [0.2, 0.25) is 0 Å². The summed E-state index contributed by atoms with van der Waals surface area (Å²) >= 11 is 5.00. The molecule has 0 aromatic heterocycles. The summed E-state index contributed by atoms with van der Waals surface area (Å²) < 4.78 is 11.5. The van der Waals surface area contributed by atoms with Gasteiger partial charge in [0.05, 0.1) is 6.61 Å². The smallest absolute Gasteiger partial charge is 0.123 e. The fraction of sp³-hybridized carbons (Fsp3) is 0.500. The number of nitrogens with two attached hydrogens (primary N) is 1. The molecule has 19 heavy (non-hydrogen) atoms. The predicted molar refractivity (Wildman–Crippen MR) is 77.5 cm³/mol. The second-order valence-corrected chi connectivity index (χ2v) is 5.54. The molecule has 2 heterocycles. The highest BCUT2D eigenvalue weighted by Gasteiger charge is 2.28. The second-order valence-electron chi connectivity index (χ2n) is 5.07. The lowest BCUT2D eigenvalue weighted by Crippen LogP contribution is -2.50. The molecule has 1 fully saturated rings. The van der Waals surface area contributed by atoms with Crippen molar-refractivity contribution in [1.82, 2.24) is 4.90 Å². The molecule has 5 heteroatoms. The standard InChI is InChI=1S/C14H18N2O2S/c15-14(19)13-9-16(5-6-17-13)8-11-7-10-3-1-2-4-12(10)18-11/h1-4,11,13H,5-9H2,(H2,15,19). The topological polar surface area (TPSA) is 47.7 Å². The number of benzene rings is 1. The van der Waals surface area contributed by atoms with E-state index in [4.69, 9.17) is 27.4 Å². The summed E-state index contributed by atoms with van der Waals surface area (Å²) in [6, 6.07) is 8.24. The first-order valence-corrected chi connectivity index (χ1v) is 7.01. The van der Waals surface area contributed by atoms with Crippen molar-refractivity contribution in [2.45, 2.75) is 18.6 Å². The van der Waals surface area contributed by atoms with Crippen LogP contribution in [0.1, 0.15) is 5.56 Å². The van der Waals surface area contributed by atoms with Crippen molar-refractivity contribution >= 4 is 17.2 Å². The van der Waals surface area contributed by atoms with Crippen LogP contribution < -0.4 is 10.5 Å². The van der Waals surface area contributed by atoms with Gasteiger partial charge in [0.1, 0.15) is 22.9 Å². The molecule has 3 rings (SSSR count). The zero-order chi connectivity index (χ0) is 13.2. The number of thiocarbonyl (C=S) groups is 1. The Morgan fingerprint density at radius 3 is 3.05 bits per heavy atom. The van der Waals surface area contributed by atoms with Crippen molar-refractivity contribution in [2.24, 2.45) is 5.73 Å². The average molecular weight is 278 g/mol. The first kappa shape index (κ1) is 12.8. The van der Waals surface area contributed by atoms with E-state index in [2.05, 4.69) is 17.0 Å². The van der Waals surface area contributed by atoms with Crippen LogP contribution in [0.4, 0.5) is 0 Å². The Kier molecular flexibility index (Phi) is 3.68. The van der Waals surface area contributed by atoms with Crippen LogP contribution >= 0.6 is 12.2 Å². The molecule has 4 nitrogen and oxygen atoms in total. The van der Waals surface area contributed by atoms with E-state index >= 15 is 0 Å². The fourth-order valence-corrected chi connectivity index (χ4v) is 2.83. The van der Waals surface area contributed by atoms with Gasteiger partial charge in [-0.3, -0.25) is 4.90 Å². The molecule has 0 bridgehead atoms. The number of para-hydroxylation sites is 1. The van der Waals surface area contributed by atoms with Crippen LogP contribution in [0.25, 0.3) is 0 Å². The molecule has 0 spiro atoms. The second kappa shape index (κ2) is 5.45. The summed E-state index contributed by atoms with van der Waals surface area (Å²) in [7, 11) is 0. The number of hydrogen-bond acceptors (Lipinski definition) is 4. The summed E-state index contributed by atoms with van der Waals surface area (Å²) in [6.07, 6.45) is 1.08. The van der Waals surface area contributed by atoms with Crippen molar-refractivity contribution < 1.29 is 9.47 Å². The molecule has 1 saturated heterocycles. The lowest BCUT2D eigenvalue weighted by Gasteiger charge is -2.33. The predicted octanol–water partition coefficient (Wildman–Crippen LogP) is 0.977. The third kappa shape index (κ3) is 2.88. The van der Waals surface area contributed by atoms with Crippen molar-refractivity contribution in [3.63, 3.8) is 0 Å². The van der Waals surface area contributed by atoms with Gasteiger partial charge in [0.25, 0.3) is 0 Å². The van der Waals surface area contributed by atoms with Crippen molar-refractivity contribution in [2.75, 3.05) is 26.2 Å². The Bertz CT molecular complexity index is 455. The molecule has 1 aromatic rings. The maximum atomic E-state index is 5.96. The Balaban J connectivity index is 1.57. The highest BCUT2D eigenvalue weighted by molar-refractivity contribution is 7.80. The van der Waals surface area contributed by atoms with Crippen molar-refractivity contribution in [3.8, 4) is 5.75 Å². The summed E-state index contributed by atoms with van der Waals surface area (Å²) in [5.41, 5.74) is 6.95. The third-order valence-corrected chi connectivity index (χ3v) is 3.91. The molecule has 0 amide bonds. The minimum Gasteiger partial charge on any atom is -0.488 e. The molecule has 0 radical (unpaired) electrons. The van der Waals surface area contributed by atoms with E-state index in [1.165, 1.54) is 5.56 Å². The number of ether oxygens (including phenoxy) is 2. The van der Waals surface area contributed by atoms with E-state index in [1.54, 1.807) is 0 Å². The largest absolute Gasteiger partial charge is 0.488 e. The minimum atomic E-state index is -0.118. The molecule has 1 aromatic carbocycles. The molecule has 0 aliphatic carbocycles. The highest BCUT2D eigenvalue weighted by atomic mass is 32.1. The van der Waals surface area contributed by atoms with E-state index in [9.17, 15) is 0 Å². The summed E-state index contributed by atoms with van der Waals surface area (Å²) in [5, 5.41) is 0. The fourth-order valence-electron chi connectivity index (χ4n) is 2.68. The molecule has 0 saturated carbocycles. The lowest BCUT2D eigenvalue weighted by molar-refractivity contribution is -0.00452. The van der Waals surface area contributed by atoms with Gasteiger partial charge >= 0.3 is 0 Å². The first-order chi connectivity index (χ1) is 9.22. The van der Waals surface area contributed by atoms with Gasteiger partial charge in [-0.15, -0.1) is 0 Å². The molecule has 2 aliphatic rings. The molecule has 102 valence electrons. The van der Waals surface area contributed by atoms with Crippen molar-refractivity contribution in [1.29, 1.82) is 0 Å². The molecule has 2 N–H and O–H groups in total. The van der Waals surface area contributed by atoms with E-state index in [1.807, 2.05) is 12.1 Å². The SMILES string of the molecule is NC(=S)C1CN(CC2Cc3ccccc3O2)CCO1. The average Bonchev–Trinajstić information content (AvgIpc) is 2.81. The van der Waals surface area contributed by atoms with E-state index in [-0.39, 0.29) is 12.2 Å². The van der Waals surface area contributed by atoms with Crippen LogP contribution in [0.15, 0.2) is 24.3 Å². The zero-order valence-corrected chi connectivity index (χ0v) is 11.6. The van der Waals surface area contributed by atoms with E-state index in [0.717, 1.165) is 31.8 Å². The summed E-state index contributed by atoms with van der Waals surface area (Å²) in [5.74, 6) is 1.02. The van der Waals surface area contributed by atoms with E-state index < -0.39 is 0 Å². The number of hydrogen-bond donors (Lipinski definition) is 1. The Hall–Kier alpha value is -1.17. The van der Waals surface area contributed by atoms with Gasteiger partial charge in [-0.2, -0.15) is 0 Å². The Labute approximate surface area is 118 Å². The van der Waals surface area contributed by atoms with Gasteiger partial charge in [-0.05, 0) is 11.6 Å². The number of rotatable bonds is 3. The van der Waals surface area contributed by atoms with Crippen LogP contribution in [0.2, 0.25) is 0 Å². The maximum Gasteiger partial charge on any atom is 0.123 e. The number of fused-ring (bicyclic) bond motifs is 1. The molecule has 2 atom stereocenters. The lowest BCUT2D eigenvalue weighted by atomic mass is 10.1. The minimum absolute atomic E-state index is 0.118. The van der Waals surface area contributed by atoms with Crippen molar-refractivity contribution in [3.05, 3.63) is 29.8 Å². The number of morpholine rings is 1. The van der Waals surface area contributed by atoms with Crippen LogP contribution in [-0.4, -0.2) is 48.3 Å². The van der Waals surface area contributed by atoms with Crippen LogP contribution in [0.5, 0.6) is 5.75 Å². The first-order valence-electron chi connectivity index (χ1n) is 6.60. The molecular weight excluding hydrogens is 260 g/mol. The number of nitrogens with zero attached hydrogens (tertiary/aromatic N) is 1. The monoisotopic (exact) mass is 278 g/mol. The van der Waals surface area contributed by atoms with Gasteiger partial charge < -0.3 is 15.2 Å². The van der Waals surface area contributed by atoms with Crippen LogP contribution in [-0.2, 0) is 11.2 Å². The maximum absolute atomic E-state index is 5.96. The van der Waals surface area contributed by atoms with Gasteiger partial charge in [0, 0.05) is 26.1 Å². The Morgan fingerprint density at radius 2 is 2.26 bits per heavy atom. The third-order valence-electron chi connectivity index (χ3n) is 3.64. The zero-order valence-electron chi connectivity index (χ0n) is 10.7. The Morgan fingerprint density at radius 1 is 1.42 bits per heavy atom. The van der Waals surface area contributed by atoms with Crippen LogP contribution in [0.3, 0.4) is 0 Å². The highest BCUT2D eigenvalue weighted by Crippen LogP contribution is 2.28. The molecular formula is C14H18N2O2S. The van der Waals surface area contributed by atoms with Gasteiger partial charge in [0.15, 0.2) is 0 Å². The normalized spacial score (nSPS) is 26.7. The summed E-state index contributed by atoms with van der Waals surface area (Å²) in [4.78, 5) is 2.77. The molecule has 2 unspecified atom stereocenters. The van der Waals surface area contributed by atoms with Gasteiger partial charge in [-0.1, -0.05) is 30.4 Å². The summed E-state index contributed by atoms with van der Waals surface area (Å²) in [6.45, 7) is 3.26. The van der Waals surface area contributed by atoms with Crippen LogP contribution in [0, 0.1) is 0 Å².